The molecule has 0 spiro atoms. The van der Waals surface area contributed by atoms with Crippen molar-refractivity contribution in [3.63, 3.8) is 0 Å². The highest BCUT2D eigenvalue weighted by Gasteiger charge is 2.39. The molecule has 0 saturated carbocycles. The zero-order chi connectivity index (χ0) is 27.4. The van der Waals surface area contributed by atoms with Crippen molar-refractivity contribution in [2.24, 2.45) is 5.92 Å². The zero-order valence-corrected chi connectivity index (χ0v) is 28.1. The summed E-state index contributed by atoms with van der Waals surface area (Å²) in [6.07, 6.45) is 5.91. The van der Waals surface area contributed by atoms with Crippen LogP contribution in [0, 0.1) is 26.7 Å². The minimum atomic E-state index is -0.166. The second kappa shape index (κ2) is 16.2. The Morgan fingerprint density at radius 1 is 0.857 bits per heavy atom. The molecule has 7 heteroatoms. The monoisotopic (exact) mass is 633 g/mol. The number of likely N-dealkylation sites (tertiary alicyclic amines) is 1. The molecule has 1 saturated heterocycles. The van der Waals surface area contributed by atoms with E-state index in [2.05, 4.69) is 98.6 Å². The molecule has 3 aromatic carbocycles. The highest BCUT2D eigenvalue weighted by atomic mass is 35.5. The largest absolute Gasteiger partial charge is 0.485 e. The van der Waals surface area contributed by atoms with Crippen molar-refractivity contribution >= 4 is 42.9 Å². The summed E-state index contributed by atoms with van der Waals surface area (Å²) in [7, 11) is 0. The third-order valence-electron chi connectivity index (χ3n) is 9.35. The fourth-order valence-electron chi connectivity index (χ4n) is 6.79. The number of fused-ring (bicyclic) bond motifs is 1. The van der Waals surface area contributed by atoms with Crippen LogP contribution in [0.15, 0.2) is 60.7 Å². The molecule has 3 N–H and O–H groups in total. The first-order valence-corrected chi connectivity index (χ1v) is 14.9. The van der Waals surface area contributed by atoms with Crippen molar-refractivity contribution in [3.8, 4) is 5.75 Å². The first-order chi connectivity index (χ1) is 18.8. The van der Waals surface area contributed by atoms with Gasteiger partial charge in [0, 0.05) is 30.1 Å². The molecule has 1 fully saturated rings. The molecule has 0 amide bonds. The second-order valence-corrected chi connectivity index (χ2v) is 12.2. The van der Waals surface area contributed by atoms with E-state index in [1.165, 1.54) is 65.7 Å². The van der Waals surface area contributed by atoms with Crippen molar-refractivity contribution in [2.75, 3.05) is 38.5 Å². The van der Waals surface area contributed by atoms with Crippen LogP contribution in [0.25, 0.3) is 0 Å². The lowest BCUT2D eigenvalue weighted by molar-refractivity contribution is 0.0467. The number of nitrogens with zero attached hydrogens (tertiary/aromatic N) is 1. The van der Waals surface area contributed by atoms with E-state index in [-0.39, 0.29) is 42.8 Å². The number of nitrogens with one attached hydrogen (secondary N) is 1. The van der Waals surface area contributed by atoms with Gasteiger partial charge in [-0.05, 0) is 113 Å². The van der Waals surface area contributed by atoms with Gasteiger partial charge in [0.15, 0.2) is 0 Å². The summed E-state index contributed by atoms with van der Waals surface area (Å²) in [5, 5.41) is 3.76. The molecule has 2 aliphatic rings. The molecular weight excluding hydrogens is 585 g/mol. The van der Waals surface area contributed by atoms with Crippen LogP contribution in [0.4, 0.5) is 5.69 Å². The van der Waals surface area contributed by atoms with E-state index in [1.54, 1.807) is 0 Å². The predicted molar refractivity (Wildman–Crippen MR) is 186 cm³/mol. The van der Waals surface area contributed by atoms with Gasteiger partial charge in [-0.3, -0.25) is 4.90 Å². The van der Waals surface area contributed by atoms with Gasteiger partial charge in [0.25, 0.3) is 0 Å². The Bertz CT molecular complexity index is 1170. The quantitative estimate of drug-likeness (QED) is 0.175. The van der Waals surface area contributed by atoms with Crippen molar-refractivity contribution < 1.29 is 4.74 Å². The van der Waals surface area contributed by atoms with Crippen LogP contribution in [-0.4, -0.2) is 43.2 Å². The number of piperidine rings is 1. The van der Waals surface area contributed by atoms with Crippen molar-refractivity contribution in [1.82, 2.24) is 10.2 Å². The maximum Gasteiger partial charge on any atom is 0.127 e. The average Bonchev–Trinajstić information content (AvgIpc) is 3.32. The topological polar surface area (TPSA) is 50.5 Å². The lowest BCUT2D eigenvalue weighted by atomic mass is 9.88. The van der Waals surface area contributed by atoms with Crippen LogP contribution in [0.2, 0.25) is 0 Å². The number of benzene rings is 3. The normalized spacial score (nSPS) is 18.4. The number of halogens is 3. The van der Waals surface area contributed by atoms with E-state index >= 15 is 0 Å². The highest BCUT2D eigenvalue weighted by Crippen LogP contribution is 2.44. The highest BCUT2D eigenvalue weighted by molar-refractivity contribution is 5.86. The van der Waals surface area contributed by atoms with E-state index in [4.69, 9.17) is 10.5 Å². The summed E-state index contributed by atoms with van der Waals surface area (Å²) in [5.41, 5.74) is 14.9. The molecule has 0 radical (unpaired) electrons. The average molecular weight is 635 g/mol. The Labute approximate surface area is 272 Å². The summed E-state index contributed by atoms with van der Waals surface area (Å²) in [4.78, 5) is 2.63. The third kappa shape index (κ3) is 8.36. The van der Waals surface area contributed by atoms with Crippen LogP contribution >= 0.6 is 37.2 Å². The van der Waals surface area contributed by atoms with E-state index in [9.17, 15) is 0 Å². The van der Waals surface area contributed by atoms with E-state index in [0.717, 1.165) is 49.8 Å². The molecule has 5 rings (SSSR count). The Balaban J connectivity index is 0.00000205. The smallest absolute Gasteiger partial charge is 0.127 e. The number of ether oxygens (including phenoxy) is 1. The number of rotatable bonds is 10. The van der Waals surface area contributed by atoms with Gasteiger partial charge < -0.3 is 15.8 Å². The Hall–Kier alpha value is -1.95. The number of hydrogen-bond donors (Lipinski definition) is 2. The first-order valence-electron chi connectivity index (χ1n) is 14.9. The third-order valence-corrected chi connectivity index (χ3v) is 9.35. The van der Waals surface area contributed by atoms with Crippen molar-refractivity contribution in [2.45, 2.75) is 71.3 Å². The van der Waals surface area contributed by atoms with Crippen LogP contribution in [0.5, 0.6) is 5.75 Å². The fraction of sp³-hybridized carbons (Fsp3) is 0.486. The number of nitrogen functional groups attached to an aromatic ring is 1. The van der Waals surface area contributed by atoms with Gasteiger partial charge in [0.2, 0.25) is 0 Å². The Morgan fingerprint density at radius 3 is 2.00 bits per heavy atom. The summed E-state index contributed by atoms with van der Waals surface area (Å²) in [6.45, 7) is 14.2. The van der Waals surface area contributed by atoms with Gasteiger partial charge in [-0.15, -0.1) is 37.2 Å². The molecule has 42 heavy (non-hydrogen) atoms. The SMILES string of the molecule is Cc1c(C)c2c(c(C)c1N)CC(C)(CN1CCC(CCNCCC(c3ccccc3)c3ccccc3)CC1)O2.Cl.Cl.Cl. The lowest BCUT2D eigenvalue weighted by Gasteiger charge is -2.37. The zero-order valence-electron chi connectivity index (χ0n) is 25.7. The molecule has 4 nitrogen and oxygen atoms in total. The van der Waals surface area contributed by atoms with Gasteiger partial charge >= 0.3 is 0 Å². The van der Waals surface area contributed by atoms with Gasteiger partial charge in [0.1, 0.15) is 11.4 Å². The molecule has 0 aliphatic carbocycles. The van der Waals surface area contributed by atoms with Crippen molar-refractivity contribution in [1.29, 1.82) is 0 Å². The summed E-state index contributed by atoms with van der Waals surface area (Å²) < 4.78 is 6.64. The molecule has 232 valence electrons. The summed E-state index contributed by atoms with van der Waals surface area (Å²) >= 11 is 0. The van der Waals surface area contributed by atoms with Gasteiger partial charge in [-0.25, -0.2) is 0 Å². The number of nitrogens with two attached hydrogens (primary N) is 1. The van der Waals surface area contributed by atoms with Crippen LogP contribution in [0.3, 0.4) is 0 Å². The Morgan fingerprint density at radius 2 is 1.43 bits per heavy atom. The Kier molecular flexibility index (Phi) is 14.0. The van der Waals surface area contributed by atoms with Gasteiger partial charge in [-0.2, -0.15) is 0 Å². The first kappa shape index (κ1) is 36.2. The minimum absolute atomic E-state index is 0. The van der Waals surface area contributed by atoms with Gasteiger partial charge in [0.05, 0.1) is 0 Å². The number of hydrogen-bond acceptors (Lipinski definition) is 4. The van der Waals surface area contributed by atoms with E-state index in [0.29, 0.717) is 5.92 Å². The number of anilines is 1. The molecule has 3 aromatic rings. The van der Waals surface area contributed by atoms with Gasteiger partial charge in [-0.1, -0.05) is 60.7 Å². The second-order valence-electron chi connectivity index (χ2n) is 12.2. The molecule has 0 aromatic heterocycles. The predicted octanol–water partition coefficient (Wildman–Crippen LogP) is 8.07. The van der Waals surface area contributed by atoms with Crippen molar-refractivity contribution in [3.05, 3.63) is 94.0 Å². The fourth-order valence-corrected chi connectivity index (χ4v) is 6.79. The van der Waals surface area contributed by atoms with Crippen LogP contribution in [-0.2, 0) is 6.42 Å². The molecule has 1 atom stereocenters. The minimum Gasteiger partial charge on any atom is -0.485 e. The molecule has 2 aliphatic heterocycles. The maximum atomic E-state index is 6.64. The van der Waals surface area contributed by atoms with Crippen LogP contribution in [0.1, 0.15) is 71.9 Å². The molecule has 1 unspecified atom stereocenters. The standard InChI is InChI=1S/C35H47N3O.3ClH/c1-25-26(2)34-32(27(3)33(25)36)23-35(4,39-34)24-38-21-17-28(18-22-38)15-19-37-20-16-31(29-11-7-5-8-12-29)30-13-9-6-10-14-30;;;/h5-14,28,31,37H,15-24,36H2,1-4H3;3*1H. The lowest BCUT2D eigenvalue weighted by Crippen LogP contribution is -2.47. The summed E-state index contributed by atoms with van der Waals surface area (Å²) in [6, 6.07) is 21.9. The molecular formula is C35H50Cl3N3O. The van der Waals surface area contributed by atoms with E-state index < -0.39 is 0 Å². The van der Waals surface area contributed by atoms with E-state index in [1.807, 2.05) is 0 Å². The van der Waals surface area contributed by atoms with Crippen LogP contribution < -0.4 is 15.8 Å². The summed E-state index contributed by atoms with van der Waals surface area (Å²) in [5.74, 6) is 2.35. The molecule has 0 bridgehead atoms. The maximum absolute atomic E-state index is 6.64. The molecule has 2 heterocycles.